The van der Waals surface area contributed by atoms with Crippen LogP contribution in [0.2, 0.25) is 0 Å². The number of ketones is 1. The van der Waals surface area contributed by atoms with E-state index in [2.05, 4.69) is 9.97 Å². The molecule has 0 spiro atoms. The van der Waals surface area contributed by atoms with Crippen LogP contribution in [0.5, 0.6) is 0 Å². The number of amides is 1. The zero-order valence-corrected chi connectivity index (χ0v) is 15.4. The number of nitrogens with zero attached hydrogens (tertiary/aromatic N) is 4. The number of pyridine rings is 2. The minimum atomic E-state index is -0.955. The molecule has 1 atom stereocenters. The van der Waals surface area contributed by atoms with Crippen LogP contribution in [0.4, 0.5) is 11.5 Å². The summed E-state index contributed by atoms with van der Waals surface area (Å²) in [7, 11) is 0. The molecule has 9 heteroatoms. The Kier molecular flexibility index (Phi) is 4.77. The molecule has 1 N–H and O–H groups in total. The lowest BCUT2D eigenvalue weighted by molar-refractivity contribution is -0.384. The Morgan fingerprint density at radius 3 is 2.40 bits per heavy atom. The molecule has 1 unspecified atom stereocenters. The maximum atomic E-state index is 12.9. The van der Waals surface area contributed by atoms with Gasteiger partial charge in [-0.25, -0.2) is 4.98 Å². The summed E-state index contributed by atoms with van der Waals surface area (Å²) in [4.78, 5) is 45.5. The van der Waals surface area contributed by atoms with Gasteiger partial charge in [-0.15, -0.1) is 0 Å². The van der Waals surface area contributed by atoms with E-state index < -0.39 is 28.4 Å². The number of Topliss-reactive ketones (excluding diaryl/α,β-unsaturated/α-hetero) is 1. The van der Waals surface area contributed by atoms with Crippen molar-refractivity contribution in [2.24, 2.45) is 0 Å². The Balaban J connectivity index is 1.90. The van der Waals surface area contributed by atoms with Gasteiger partial charge < -0.3 is 5.11 Å². The average Bonchev–Trinajstić information content (AvgIpc) is 3.05. The topological polar surface area (TPSA) is 127 Å². The zero-order valence-electron chi connectivity index (χ0n) is 15.4. The first kappa shape index (κ1) is 18.9. The van der Waals surface area contributed by atoms with Crippen LogP contribution >= 0.6 is 0 Å². The summed E-state index contributed by atoms with van der Waals surface area (Å²) in [6.07, 6.45) is 4.54. The van der Waals surface area contributed by atoms with Crippen LogP contribution in [-0.4, -0.2) is 31.7 Å². The molecule has 1 saturated heterocycles. The maximum Gasteiger partial charge on any atom is 0.301 e. The van der Waals surface area contributed by atoms with Gasteiger partial charge in [-0.2, -0.15) is 0 Å². The standard InChI is InChI=1S/C21H14N4O5/c26-19(13-6-8-15(9-7-13)25(29)30)17-18(14-4-3-10-22-12-14)24(21(28)20(17)27)16-5-1-2-11-23-16/h1-12,18,26H/b19-17-. The molecule has 1 amide bonds. The number of nitro benzene ring substituents is 1. The fourth-order valence-corrected chi connectivity index (χ4v) is 3.31. The molecular weight excluding hydrogens is 388 g/mol. The Labute approximate surface area is 170 Å². The van der Waals surface area contributed by atoms with Crippen molar-refractivity contribution in [2.75, 3.05) is 4.90 Å². The van der Waals surface area contributed by atoms with Gasteiger partial charge in [0.25, 0.3) is 11.5 Å². The summed E-state index contributed by atoms with van der Waals surface area (Å²) in [6, 6.07) is 12.4. The highest BCUT2D eigenvalue weighted by molar-refractivity contribution is 6.51. The number of nitro groups is 1. The van der Waals surface area contributed by atoms with E-state index in [0.717, 1.165) is 0 Å². The number of rotatable bonds is 4. The van der Waals surface area contributed by atoms with Crippen molar-refractivity contribution in [3.05, 3.63) is 100 Å². The predicted molar refractivity (Wildman–Crippen MR) is 106 cm³/mol. The van der Waals surface area contributed by atoms with E-state index in [4.69, 9.17) is 0 Å². The van der Waals surface area contributed by atoms with E-state index in [9.17, 15) is 24.8 Å². The van der Waals surface area contributed by atoms with Gasteiger partial charge in [0, 0.05) is 36.3 Å². The Morgan fingerprint density at radius 1 is 1.03 bits per heavy atom. The molecule has 0 radical (unpaired) electrons. The summed E-state index contributed by atoms with van der Waals surface area (Å²) in [6.45, 7) is 0. The van der Waals surface area contributed by atoms with E-state index in [0.29, 0.717) is 5.56 Å². The predicted octanol–water partition coefficient (Wildman–Crippen LogP) is 3.01. The van der Waals surface area contributed by atoms with Gasteiger partial charge >= 0.3 is 5.91 Å². The van der Waals surface area contributed by atoms with Gasteiger partial charge in [-0.3, -0.25) is 29.6 Å². The first-order chi connectivity index (χ1) is 14.5. The van der Waals surface area contributed by atoms with Crippen LogP contribution in [-0.2, 0) is 9.59 Å². The van der Waals surface area contributed by atoms with Crippen LogP contribution in [0, 0.1) is 10.1 Å². The van der Waals surface area contributed by atoms with Gasteiger partial charge in [0.15, 0.2) is 0 Å². The molecule has 3 heterocycles. The number of benzene rings is 1. The van der Waals surface area contributed by atoms with E-state index in [1.807, 2.05) is 0 Å². The second-order valence-corrected chi connectivity index (χ2v) is 6.45. The number of anilines is 1. The van der Waals surface area contributed by atoms with Crippen LogP contribution < -0.4 is 4.90 Å². The Morgan fingerprint density at radius 2 is 1.80 bits per heavy atom. The second-order valence-electron chi connectivity index (χ2n) is 6.45. The van der Waals surface area contributed by atoms with Gasteiger partial charge in [0.1, 0.15) is 11.6 Å². The summed E-state index contributed by atoms with van der Waals surface area (Å²) in [5.74, 6) is -1.91. The molecule has 1 aromatic carbocycles. The third-order valence-corrected chi connectivity index (χ3v) is 4.69. The van der Waals surface area contributed by atoms with Crippen LogP contribution in [0.3, 0.4) is 0 Å². The zero-order chi connectivity index (χ0) is 21.3. The van der Waals surface area contributed by atoms with Gasteiger partial charge in [-0.1, -0.05) is 12.1 Å². The number of hydrogen-bond donors (Lipinski definition) is 1. The third kappa shape index (κ3) is 3.18. The first-order valence-electron chi connectivity index (χ1n) is 8.86. The number of carbonyl (C=O) groups is 2. The summed E-state index contributed by atoms with van der Waals surface area (Å²) in [5.41, 5.74) is 0.371. The van der Waals surface area contributed by atoms with Crippen molar-refractivity contribution < 1.29 is 19.6 Å². The molecule has 1 aliphatic heterocycles. The first-order valence-corrected chi connectivity index (χ1v) is 8.86. The lowest BCUT2D eigenvalue weighted by Gasteiger charge is -2.24. The second kappa shape index (κ2) is 7.55. The summed E-state index contributed by atoms with van der Waals surface area (Å²) in [5, 5.41) is 21.8. The van der Waals surface area contributed by atoms with Gasteiger partial charge in [-0.05, 0) is 35.9 Å². The van der Waals surface area contributed by atoms with E-state index in [1.165, 1.54) is 41.6 Å². The van der Waals surface area contributed by atoms with Crippen molar-refractivity contribution in [1.82, 2.24) is 9.97 Å². The minimum absolute atomic E-state index is 0.146. The highest BCUT2D eigenvalue weighted by atomic mass is 16.6. The number of aliphatic hydroxyl groups excluding tert-OH is 1. The minimum Gasteiger partial charge on any atom is -0.507 e. The maximum absolute atomic E-state index is 12.9. The highest BCUT2D eigenvalue weighted by Gasteiger charge is 2.47. The fraction of sp³-hybridized carbons (Fsp3) is 0.0476. The molecule has 1 fully saturated rings. The van der Waals surface area contributed by atoms with E-state index >= 15 is 0 Å². The molecular formula is C21H14N4O5. The van der Waals surface area contributed by atoms with Crippen molar-refractivity contribution in [1.29, 1.82) is 0 Å². The van der Waals surface area contributed by atoms with E-state index in [1.54, 1.807) is 36.5 Å². The Hall–Kier alpha value is -4.40. The SMILES string of the molecule is O=C1C(=O)N(c2ccccn2)C(c2cccnc2)/C1=C(/O)c1ccc([N+](=O)[O-])cc1. The van der Waals surface area contributed by atoms with Crippen LogP contribution in [0.15, 0.2) is 78.8 Å². The highest BCUT2D eigenvalue weighted by Crippen LogP contribution is 2.41. The summed E-state index contributed by atoms with van der Waals surface area (Å²) >= 11 is 0. The normalized spacial score (nSPS) is 17.9. The fourth-order valence-electron chi connectivity index (χ4n) is 3.31. The smallest absolute Gasteiger partial charge is 0.301 e. The van der Waals surface area contributed by atoms with Crippen molar-refractivity contribution in [2.45, 2.75) is 6.04 Å². The molecule has 0 bridgehead atoms. The van der Waals surface area contributed by atoms with E-state index in [-0.39, 0.29) is 22.6 Å². The van der Waals surface area contributed by atoms with Crippen molar-refractivity contribution >= 4 is 29.0 Å². The van der Waals surface area contributed by atoms with Crippen LogP contribution in [0.25, 0.3) is 5.76 Å². The molecule has 30 heavy (non-hydrogen) atoms. The van der Waals surface area contributed by atoms with Gasteiger partial charge in [0.2, 0.25) is 0 Å². The lowest BCUT2D eigenvalue weighted by Crippen LogP contribution is -2.30. The number of aliphatic hydroxyl groups is 1. The van der Waals surface area contributed by atoms with Crippen molar-refractivity contribution in [3.8, 4) is 0 Å². The molecule has 1 aliphatic rings. The number of aromatic nitrogens is 2. The largest absolute Gasteiger partial charge is 0.507 e. The molecule has 3 aromatic rings. The lowest BCUT2D eigenvalue weighted by atomic mass is 9.96. The number of non-ortho nitro benzene ring substituents is 1. The van der Waals surface area contributed by atoms with Crippen molar-refractivity contribution in [3.63, 3.8) is 0 Å². The monoisotopic (exact) mass is 402 g/mol. The molecule has 148 valence electrons. The number of carbonyl (C=O) groups excluding carboxylic acids is 2. The third-order valence-electron chi connectivity index (χ3n) is 4.69. The average molecular weight is 402 g/mol. The van der Waals surface area contributed by atoms with Gasteiger partial charge in [0.05, 0.1) is 16.5 Å². The molecule has 4 rings (SSSR count). The quantitative estimate of drug-likeness (QED) is 0.234. The molecule has 2 aromatic heterocycles. The summed E-state index contributed by atoms with van der Waals surface area (Å²) < 4.78 is 0. The molecule has 9 nitrogen and oxygen atoms in total. The molecule has 0 aliphatic carbocycles. The number of hydrogen-bond acceptors (Lipinski definition) is 7. The molecule has 0 saturated carbocycles. The van der Waals surface area contributed by atoms with Crippen LogP contribution in [0.1, 0.15) is 17.2 Å². The Bertz CT molecular complexity index is 1160.